The summed E-state index contributed by atoms with van der Waals surface area (Å²) in [5.74, 6) is 0.553. The molecule has 0 aliphatic carbocycles. The molecule has 0 spiro atoms. The van der Waals surface area contributed by atoms with Gasteiger partial charge < -0.3 is 10.3 Å². The molecule has 20 heavy (non-hydrogen) atoms. The summed E-state index contributed by atoms with van der Waals surface area (Å²) in [6, 6.07) is 11.4. The van der Waals surface area contributed by atoms with Gasteiger partial charge in [0.05, 0.1) is 4.88 Å². The Balaban J connectivity index is 1.85. The highest BCUT2D eigenvalue weighted by molar-refractivity contribution is 7.13. The molecule has 0 fully saturated rings. The zero-order valence-electron chi connectivity index (χ0n) is 10.7. The van der Waals surface area contributed by atoms with Crippen molar-refractivity contribution in [1.82, 2.24) is 9.55 Å². The molecule has 0 saturated heterocycles. The Morgan fingerprint density at radius 3 is 2.70 bits per heavy atom. The molecule has 0 aliphatic heterocycles. The summed E-state index contributed by atoms with van der Waals surface area (Å²) in [7, 11) is 0. The Morgan fingerprint density at radius 1 is 1.25 bits per heavy atom. The second-order valence-electron chi connectivity index (χ2n) is 4.42. The third kappa shape index (κ3) is 2.48. The van der Waals surface area contributed by atoms with Crippen LogP contribution in [0.4, 0.5) is 0 Å². The van der Waals surface area contributed by atoms with Crippen molar-refractivity contribution in [3.63, 3.8) is 0 Å². The molecule has 0 saturated carbocycles. The second kappa shape index (κ2) is 5.30. The number of nitrogens with zero attached hydrogens (tertiary/aromatic N) is 2. The zero-order valence-corrected chi connectivity index (χ0v) is 11.5. The lowest BCUT2D eigenvalue weighted by atomic mass is 10.1. The summed E-state index contributed by atoms with van der Waals surface area (Å²) in [6.07, 6.45) is 3.75. The van der Waals surface area contributed by atoms with E-state index in [9.17, 15) is 4.79 Å². The molecule has 1 amide bonds. The number of hydrogen-bond donors (Lipinski definition) is 1. The molecule has 2 heterocycles. The fourth-order valence-corrected chi connectivity index (χ4v) is 2.78. The number of aromatic nitrogens is 2. The number of primary amides is 1. The van der Waals surface area contributed by atoms with Crippen molar-refractivity contribution in [1.29, 1.82) is 0 Å². The van der Waals surface area contributed by atoms with Gasteiger partial charge in [-0.3, -0.25) is 4.79 Å². The first-order valence-electron chi connectivity index (χ1n) is 6.18. The van der Waals surface area contributed by atoms with E-state index in [2.05, 4.69) is 15.6 Å². The van der Waals surface area contributed by atoms with E-state index >= 15 is 0 Å². The Bertz CT molecular complexity index is 714. The lowest BCUT2D eigenvalue weighted by molar-refractivity contribution is 0.100. The van der Waals surface area contributed by atoms with Crippen LogP contribution in [-0.4, -0.2) is 15.5 Å². The topological polar surface area (TPSA) is 60.9 Å². The Morgan fingerprint density at radius 2 is 2.05 bits per heavy atom. The highest BCUT2D eigenvalue weighted by Gasteiger charge is 2.07. The molecule has 4 nitrogen and oxygen atoms in total. The number of carbonyl (C=O) groups is 1. The van der Waals surface area contributed by atoms with Crippen molar-refractivity contribution in [2.75, 3.05) is 0 Å². The molecule has 0 bridgehead atoms. The zero-order chi connectivity index (χ0) is 13.9. The first-order chi connectivity index (χ1) is 9.74. The van der Waals surface area contributed by atoms with Crippen LogP contribution in [-0.2, 0) is 6.54 Å². The van der Waals surface area contributed by atoms with Gasteiger partial charge in [-0.15, -0.1) is 11.3 Å². The van der Waals surface area contributed by atoms with Gasteiger partial charge >= 0.3 is 0 Å². The van der Waals surface area contributed by atoms with Crippen LogP contribution in [0, 0.1) is 0 Å². The predicted molar refractivity (Wildman–Crippen MR) is 79.6 cm³/mol. The third-order valence-electron chi connectivity index (χ3n) is 3.05. The summed E-state index contributed by atoms with van der Waals surface area (Å²) in [4.78, 5) is 16.6. The SMILES string of the molecule is NC(=O)c1ccc(Cn2ccnc2-c2cccs2)cc1. The summed E-state index contributed by atoms with van der Waals surface area (Å²) in [5.41, 5.74) is 6.86. The maximum absolute atomic E-state index is 11.0. The van der Waals surface area contributed by atoms with Gasteiger partial charge in [0.2, 0.25) is 5.91 Å². The number of benzene rings is 1. The predicted octanol–water partition coefficient (Wildman–Crippen LogP) is 2.76. The number of imidazole rings is 1. The first kappa shape index (κ1) is 12.6. The Hall–Kier alpha value is -2.40. The molecule has 3 aromatic rings. The highest BCUT2D eigenvalue weighted by atomic mass is 32.1. The van der Waals surface area contributed by atoms with Crippen LogP contribution in [0.25, 0.3) is 10.7 Å². The van der Waals surface area contributed by atoms with Crippen molar-refractivity contribution in [3.8, 4) is 10.7 Å². The van der Waals surface area contributed by atoms with Crippen molar-refractivity contribution in [3.05, 3.63) is 65.3 Å². The summed E-state index contributed by atoms with van der Waals surface area (Å²) < 4.78 is 2.09. The van der Waals surface area contributed by atoms with E-state index in [0.717, 1.165) is 16.3 Å². The minimum absolute atomic E-state index is 0.404. The van der Waals surface area contributed by atoms with Crippen LogP contribution in [0.3, 0.4) is 0 Å². The fraction of sp³-hybridized carbons (Fsp3) is 0.0667. The number of amides is 1. The monoisotopic (exact) mass is 283 g/mol. The standard InChI is InChI=1S/C15H13N3OS/c16-14(19)12-5-3-11(4-6-12)10-18-8-7-17-15(18)13-2-1-9-20-13/h1-9H,10H2,(H2,16,19). The molecule has 2 aromatic heterocycles. The van der Waals surface area contributed by atoms with E-state index < -0.39 is 5.91 Å². The van der Waals surface area contributed by atoms with Gasteiger partial charge in [0.25, 0.3) is 0 Å². The van der Waals surface area contributed by atoms with Gasteiger partial charge in [0, 0.05) is 24.5 Å². The van der Waals surface area contributed by atoms with Gasteiger partial charge in [-0.2, -0.15) is 0 Å². The van der Waals surface area contributed by atoms with Crippen LogP contribution < -0.4 is 5.73 Å². The number of rotatable bonds is 4. The van der Waals surface area contributed by atoms with Crippen LogP contribution in [0.15, 0.2) is 54.2 Å². The van der Waals surface area contributed by atoms with E-state index in [-0.39, 0.29) is 0 Å². The molecule has 5 heteroatoms. The van der Waals surface area contributed by atoms with Crippen molar-refractivity contribution >= 4 is 17.2 Å². The average Bonchev–Trinajstić information content (AvgIpc) is 3.09. The first-order valence-corrected chi connectivity index (χ1v) is 7.06. The Labute approximate surface area is 120 Å². The van der Waals surface area contributed by atoms with Gasteiger partial charge in [-0.1, -0.05) is 18.2 Å². The van der Waals surface area contributed by atoms with Crippen LogP contribution in [0.5, 0.6) is 0 Å². The summed E-state index contributed by atoms with van der Waals surface area (Å²) in [5, 5.41) is 2.04. The highest BCUT2D eigenvalue weighted by Crippen LogP contribution is 2.23. The van der Waals surface area contributed by atoms with Crippen molar-refractivity contribution < 1.29 is 4.79 Å². The summed E-state index contributed by atoms with van der Waals surface area (Å²) in [6.45, 7) is 0.715. The van der Waals surface area contributed by atoms with Crippen molar-refractivity contribution in [2.45, 2.75) is 6.54 Å². The molecular weight excluding hydrogens is 270 g/mol. The molecule has 0 unspecified atom stereocenters. The number of nitrogens with two attached hydrogens (primary N) is 1. The Kier molecular flexibility index (Phi) is 3.35. The fourth-order valence-electron chi connectivity index (χ4n) is 2.04. The molecule has 1 aromatic carbocycles. The molecule has 100 valence electrons. The minimum Gasteiger partial charge on any atom is -0.366 e. The van der Waals surface area contributed by atoms with E-state index in [1.807, 2.05) is 29.8 Å². The number of carbonyl (C=O) groups excluding carboxylic acids is 1. The van der Waals surface area contributed by atoms with E-state index in [1.54, 1.807) is 29.7 Å². The number of hydrogen-bond acceptors (Lipinski definition) is 3. The molecule has 0 radical (unpaired) electrons. The minimum atomic E-state index is -0.404. The maximum atomic E-state index is 11.0. The van der Waals surface area contributed by atoms with Crippen molar-refractivity contribution in [2.24, 2.45) is 5.73 Å². The molecule has 2 N–H and O–H groups in total. The van der Waals surface area contributed by atoms with Crippen LogP contribution in [0.1, 0.15) is 15.9 Å². The third-order valence-corrected chi connectivity index (χ3v) is 3.91. The summed E-state index contributed by atoms with van der Waals surface area (Å²) >= 11 is 1.67. The largest absolute Gasteiger partial charge is 0.366 e. The molecular formula is C15H13N3OS. The van der Waals surface area contributed by atoms with E-state index in [0.29, 0.717) is 12.1 Å². The van der Waals surface area contributed by atoms with Gasteiger partial charge in [0.1, 0.15) is 5.82 Å². The number of thiophene rings is 1. The van der Waals surface area contributed by atoms with E-state index in [4.69, 9.17) is 5.73 Å². The van der Waals surface area contributed by atoms with E-state index in [1.165, 1.54) is 0 Å². The van der Waals surface area contributed by atoms with Gasteiger partial charge in [0.15, 0.2) is 0 Å². The second-order valence-corrected chi connectivity index (χ2v) is 5.36. The lowest BCUT2D eigenvalue weighted by Crippen LogP contribution is -2.10. The maximum Gasteiger partial charge on any atom is 0.248 e. The van der Waals surface area contributed by atoms with Crippen LogP contribution in [0.2, 0.25) is 0 Å². The molecule has 0 atom stereocenters. The smallest absolute Gasteiger partial charge is 0.248 e. The average molecular weight is 283 g/mol. The normalized spacial score (nSPS) is 10.6. The lowest BCUT2D eigenvalue weighted by Gasteiger charge is -2.07. The van der Waals surface area contributed by atoms with Gasteiger partial charge in [-0.25, -0.2) is 4.98 Å². The van der Waals surface area contributed by atoms with Crippen LogP contribution >= 0.6 is 11.3 Å². The van der Waals surface area contributed by atoms with Gasteiger partial charge in [-0.05, 0) is 29.1 Å². The molecule has 3 rings (SSSR count). The quantitative estimate of drug-likeness (QED) is 0.800. The molecule has 0 aliphatic rings.